The Morgan fingerprint density at radius 1 is 1.50 bits per heavy atom. The highest BCUT2D eigenvalue weighted by molar-refractivity contribution is 5.76. The van der Waals surface area contributed by atoms with Crippen LogP contribution in [0.4, 0.5) is 0 Å². The Kier molecular flexibility index (Phi) is 2.10. The van der Waals surface area contributed by atoms with Gasteiger partial charge >= 0.3 is 0 Å². The van der Waals surface area contributed by atoms with Gasteiger partial charge in [0.25, 0.3) is 0 Å². The zero-order valence-corrected chi connectivity index (χ0v) is 7.62. The maximum atomic E-state index is 8.36. The van der Waals surface area contributed by atoms with Crippen molar-refractivity contribution in [2.75, 3.05) is 0 Å². The highest BCUT2D eigenvalue weighted by Crippen LogP contribution is 2.02. The molecule has 2 aromatic rings. The van der Waals surface area contributed by atoms with Crippen LogP contribution in [0.1, 0.15) is 18.4 Å². The predicted molar refractivity (Wildman–Crippen MR) is 49.5 cm³/mol. The summed E-state index contributed by atoms with van der Waals surface area (Å²) < 4.78 is 1.64. The maximum absolute atomic E-state index is 8.36. The number of aromatic nitrogens is 4. The number of hydrogen-bond donors (Lipinski definition) is 1. The molecular weight excluding hydrogens is 182 g/mol. The Bertz CT molecular complexity index is 476. The molecule has 2 rings (SSSR count). The van der Waals surface area contributed by atoms with Gasteiger partial charge in [-0.25, -0.2) is 0 Å². The third-order valence-corrected chi connectivity index (χ3v) is 1.85. The van der Waals surface area contributed by atoms with Gasteiger partial charge in [-0.3, -0.25) is 0 Å². The summed E-state index contributed by atoms with van der Waals surface area (Å²) in [5.74, 6) is 0.785. The molecule has 0 atom stereocenters. The smallest absolute Gasteiger partial charge is 0.177 e. The Hall–Kier alpha value is -1.98. The molecule has 0 saturated carbocycles. The van der Waals surface area contributed by atoms with Gasteiger partial charge in [-0.15, -0.1) is 10.2 Å². The van der Waals surface area contributed by atoms with Crippen molar-refractivity contribution < 1.29 is 5.21 Å². The van der Waals surface area contributed by atoms with Crippen LogP contribution < -0.4 is 0 Å². The van der Waals surface area contributed by atoms with Crippen molar-refractivity contribution in [3.63, 3.8) is 0 Å². The minimum Gasteiger partial charge on any atom is -0.411 e. The summed E-state index contributed by atoms with van der Waals surface area (Å²) in [5, 5.41) is 23.3. The van der Waals surface area contributed by atoms with Crippen LogP contribution in [0.25, 0.3) is 5.65 Å². The van der Waals surface area contributed by atoms with E-state index in [-0.39, 0.29) is 0 Å². The zero-order valence-electron chi connectivity index (χ0n) is 7.62. The van der Waals surface area contributed by atoms with Crippen LogP contribution in [0.3, 0.4) is 0 Å². The third-order valence-electron chi connectivity index (χ3n) is 1.85. The molecule has 0 spiro atoms. The van der Waals surface area contributed by atoms with Crippen LogP contribution in [0.2, 0.25) is 0 Å². The molecule has 0 radical (unpaired) electrons. The van der Waals surface area contributed by atoms with E-state index in [9.17, 15) is 0 Å². The SMILES string of the molecule is CCc1nnc2ccc(/C=N/O)nn12. The second kappa shape index (κ2) is 3.41. The first-order chi connectivity index (χ1) is 6.85. The quantitative estimate of drug-likeness (QED) is 0.426. The lowest BCUT2D eigenvalue weighted by atomic mass is 10.4. The molecule has 0 amide bonds. The fraction of sp³-hybridized carbons (Fsp3) is 0.250. The maximum Gasteiger partial charge on any atom is 0.177 e. The molecule has 0 aliphatic heterocycles. The molecule has 14 heavy (non-hydrogen) atoms. The number of nitrogens with zero attached hydrogens (tertiary/aromatic N) is 5. The van der Waals surface area contributed by atoms with Crippen molar-refractivity contribution in [1.82, 2.24) is 19.8 Å². The van der Waals surface area contributed by atoms with Gasteiger partial charge in [0.05, 0.1) is 6.21 Å². The van der Waals surface area contributed by atoms with E-state index in [1.165, 1.54) is 6.21 Å². The molecule has 72 valence electrons. The average Bonchev–Trinajstić information content (AvgIpc) is 2.60. The van der Waals surface area contributed by atoms with Crippen LogP contribution in [0, 0.1) is 0 Å². The van der Waals surface area contributed by atoms with E-state index in [4.69, 9.17) is 5.21 Å². The highest BCUT2D eigenvalue weighted by Gasteiger charge is 2.04. The summed E-state index contributed by atoms with van der Waals surface area (Å²) >= 11 is 0. The molecule has 0 aromatic carbocycles. The Morgan fingerprint density at radius 2 is 2.36 bits per heavy atom. The highest BCUT2D eigenvalue weighted by atomic mass is 16.4. The van der Waals surface area contributed by atoms with Crippen LogP contribution in [-0.2, 0) is 6.42 Å². The van der Waals surface area contributed by atoms with Gasteiger partial charge < -0.3 is 5.21 Å². The van der Waals surface area contributed by atoms with Gasteiger partial charge in [0, 0.05) is 6.42 Å². The monoisotopic (exact) mass is 191 g/mol. The van der Waals surface area contributed by atoms with Crippen molar-refractivity contribution in [1.29, 1.82) is 0 Å². The van der Waals surface area contributed by atoms with Gasteiger partial charge in [-0.05, 0) is 12.1 Å². The summed E-state index contributed by atoms with van der Waals surface area (Å²) in [6.07, 6.45) is 2.02. The van der Waals surface area contributed by atoms with E-state index in [1.807, 2.05) is 6.92 Å². The van der Waals surface area contributed by atoms with Crippen molar-refractivity contribution in [3.05, 3.63) is 23.7 Å². The third kappa shape index (κ3) is 1.30. The number of rotatable bonds is 2. The number of aryl methyl sites for hydroxylation is 1. The minimum absolute atomic E-state index is 0.564. The van der Waals surface area contributed by atoms with Crippen molar-refractivity contribution >= 4 is 11.9 Å². The standard InChI is InChI=1S/C8H9N5O/c1-2-7-10-11-8-4-3-6(5-9-14)12-13(7)8/h3-5,14H,2H2,1H3/b9-5+. The largest absolute Gasteiger partial charge is 0.411 e. The lowest BCUT2D eigenvalue weighted by Gasteiger charge is -1.95. The summed E-state index contributed by atoms with van der Waals surface area (Å²) in [7, 11) is 0. The van der Waals surface area contributed by atoms with Crippen molar-refractivity contribution in [2.45, 2.75) is 13.3 Å². The van der Waals surface area contributed by atoms with Gasteiger partial charge in [0.2, 0.25) is 0 Å². The van der Waals surface area contributed by atoms with E-state index >= 15 is 0 Å². The van der Waals surface area contributed by atoms with E-state index in [1.54, 1.807) is 16.6 Å². The normalized spacial score (nSPS) is 11.5. The van der Waals surface area contributed by atoms with Crippen LogP contribution in [-0.4, -0.2) is 31.2 Å². The summed E-state index contributed by atoms with van der Waals surface area (Å²) in [6.45, 7) is 1.98. The molecule has 2 heterocycles. The van der Waals surface area contributed by atoms with E-state index in [0.29, 0.717) is 11.3 Å². The topological polar surface area (TPSA) is 75.7 Å². The molecule has 0 aliphatic rings. The van der Waals surface area contributed by atoms with Crippen molar-refractivity contribution in [3.8, 4) is 0 Å². The van der Waals surface area contributed by atoms with Gasteiger partial charge in [-0.1, -0.05) is 12.1 Å². The lowest BCUT2D eigenvalue weighted by Crippen LogP contribution is -2.00. The molecule has 0 bridgehead atoms. The predicted octanol–water partition coefficient (Wildman–Crippen LogP) is 0.495. The second-order valence-corrected chi connectivity index (χ2v) is 2.74. The molecule has 0 saturated heterocycles. The molecule has 0 unspecified atom stereocenters. The minimum atomic E-state index is 0.564. The number of oxime groups is 1. The zero-order chi connectivity index (χ0) is 9.97. The van der Waals surface area contributed by atoms with Gasteiger partial charge in [0.15, 0.2) is 11.5 Å². The first kappa shape index (κ1) is 8.61. The summed E-state index contributed by atoms with van der Waals surface area (Å²) in [4.78, 5) is 0. The lowest BCUT2D eigenvalue weighted by molar-refractivity contribution is 0.321. The van der Waals surface area contributed by atoms with Gasteiger partial charge in [0.1, 0.15) is 5.69 Å². The average molecular weight is 191 g/mol. The second-order valence-electron chi connectivity index (χ2n) is 2.74. The molecule has 1 N–H and O–H groups in total. The fourth-order valence-electron chi connectivity index (χ4n) is 1.20. The van der Waals surface area contributed by atoms with Crippen molar-refractivity contribution in [2.24, 2.45) is 5.16 Å². The molecule has 6 heteroatoms. The number of fused-ring (bicyclic) bond motifs is 1. The van der Waals surface area contributed by atoms with Crippen LogP contribution in [0.15, 0.2) is 17.3 Å². The number of hydrogen-bond acceptors (Lipinski definition) is 5. The molecular formula is C8H9N5O. The fourth-order valence-corrected chi connectivity index (χ4v) is 1.20. The summed E-state index contributed by atoms with van der Waals surface area (Å²) in [5.41, 5.74) is 1.26. The summed E-state index contributed by atoms with van der Waals surface area (Å²) in [6, 6.07) is 3.49. The van der Waals surface area contributed by atoms with Crippen LogP contribution >= 0.6 is 0 Å². The van der Waals surface area contributed by atoms with E-state index < -0.39 is 0 Å². The van der Waals surface area contributed by atoms with Gasteiger partial charge in [-0.2, -0.15) is 9.61 Å². The molecule has 2 aromatic heterocycles. The Morgan fingerprint density at radius 3 is 3.07 bits per heavy atom. The van der Waals surface area contributed by atoms with E-state index in [0.717, 1.165) is 12.2 Å². The molecule has 6 nitrogen and oxygen atoms in total. The Labute approximate surface area is 79.9 Å². The van der Waals surface area contributed by atoms with E-state index in [2.05, 4.69) is 20.5 Å². The first-order valence-corrected chi connectivity index (χ1v) is 4.24. The Balaban J connectivity index is 2.61. The van der Waals surface area contributed by atoms with Crippen LogP contribution in [0.5, 0.6) is 0 Å². The molecule has 0 aliphatic carbocycles. The molecule has 0 fully saturated rings. The first-order valence-electron chi connectivity index (χ1n) is 4.24.